The molecule has 0 unspecified atom stereocenters. The van der Waals surface area contributed by atoms with E-state index in [-0.39, 0.29) is 21.7 Å². The third-order valence-electron chi connectivity index (χ3n) is 0. The Balaban J connectivity index is -0.0000000400. The van der Waals surface area contributed by atoms with Crippen LogP contribution in [0.15, 0.2) is 0 Å². The molecule has 0 aliphatic rings. The molecule has 0 saturated heterocycles. The number of aliphatic hydroxyl groups excluding tert-OH is 1. The average Bonchev–Trinajstić information content (AvgIpc) is 1.39. The Kier molecular flexibility index (Phi) is 67.2. The van der Waals surface area contributed by atoms with Crippen molar-refractivity contribution in [1.82, 2.24) is 0 Å². The van der Waals surface area contributed by atoms with Gasteiger partial charge in [-0.3, -0.25) is 0 Å². The summed E-state index contributed by atoms with van der Waals surface area (Å²) in [6.45, 7) is 6.56. The summed E-state index contributed by atoms with van der Waals surface area (Å²) in [6.07, 6.45) is 2.00. The molecule has 0 amide bonds. The Bertz CT molecular complexity index is 10.0. The van der Waals surface area contributed by atoms with Crippen molar-refractivity contribution >= 4 is 0 Å². The predicted octanol–water partition coefficient (Wildman–Crippen LogP) is 1.77. The first-order chi connectivity index (χ1) is 2.83. The quantitative estimate of drug-likeness (QED) is 0.397. The van der Waals surface area contributed by atoms with Gasteiger partial charge in [0, 0.05) is 0 Å². The van der Waals surface area contributed by atoms with Crippen molar-refractivity contribution in [2.75, 3.05) is 0 Å². The maximum atomic E-state index is 7.44. The Hall–Kier alpha value is 0.674. The van der Waals surface area contributed by atoms with E-state index in [0.29, 0.717) is 0 Å². The number of aliphatic hydroxyl groups is 1. The number of hydrogen-bond acceptors (Lipinski definition) is 1. The summed E-state index contributed by atoms with van der Waals surface area (Å²) in [7, 11) is 0. The molecule has 1 N–H and O–H groups in total. The Labute approximate surface area is 61.0 Å². The normalized spacial score (nSPS) is 5.14. The summed E-state index contributed by atoms with van der Waals surface area (Å²) < 4.78 is 0. The van der Waals surface area contributed by atoms with Gasteiger partial charge in [-0.1, -0.05) is 0 Å². The maximum Gasteiger partial charge on any atom is 2.00 e. The molecule has 0 spiro atoms. The molecule has 1 nitrogen and oxygen atoms in total. The van der Waals surface area contributed by atoms with Gasteiger partial charge in [0.1, 0.15) is 0 Å². The van der Waals surface area contributed by atoms with Gasteiger partial charge in [-0.05, 0) is 0 Å². The van der Waals surface area contributed by atoms with Crippen LogP contribution in [0.4, 0.5) is 0 Å². The number of hydrogen-bond donors (Lipinski definition) is 1. The summed E-state index contributed by atoms with van der Waals surface area (Å²) >= 11 is 0. The van der Waals surface area contributed by atoms with Gasteiger partial charge in [0.2, 0.25) is 0 Å². The van der Waals surface area contributed by atoms with Gasteiger partial charge in [0.25, 0.3) is 0 Å². The largest absolute Gasteiger partial charge is 2.00 e. The van der Waals surface area contributed by atoms with E-state index >= 15 is 0 Å². The molecule has 0 aromatic carbocycles. The zero-order valence-corrected chi connectivity index (χ0v) is 6.66. The molecule has 0 atom stereocenters. The molecule has 0 saturated carbocycles. The molecular formula is C5H12OTi. The van der Waals surface area contributed by atoms with Crippen LogP contribution in [0.3, 0.4) is 0 Å². The second-order valence-electron chi connectivity index (χ2n) is 0.836. The van der Waals surface area contributed by atoms with Crippen molar-refractivity contribution in [2.24, 2.45) is 0 Å². The van der Waals surface area contributed by atoms with E-state index in [9.17, 15) is 0 Å². The van der Waals surface area contributed by atoms with Gasteiger partial charge in [0.05, 0.1) is 0 Å². The molecule has 7 heavy (non-hydrogen) atoms. The van der Waals surface area contributed by atoms with Crippen LogP contribution in [0.5, 0.6) is 0 Å². The predicted molar refractivity (Wildman–Crippen MR) is 27.6 cm³/mol. The van der Waals surface area contributed by atoms with Crippen molar-refractivity contribution in [3.8, 4) is 0 Å². The van der Waals surface area contributed by atoms with E-state index in [1.54, 1.807) is 6.92 Å². The van der Waals surface area contributed by atoms with Gasteiger partial charge in [0.15, 0.2) is 0 Å². The first-order valence-electron chi connectivity index (χ1n) is 1.99. The minimum absolute atomic E-state index is 0. The maximum absolute atomic E-state index is 7.44. The van der Waals surface area contributed by atoms with E-state index in [0.717, 1.165) is 6.61 Å². The fourth-order valence-electron chi connectivity index (χ4n) is 0. The summed E-state index contributed by atoms with van der Waals surface area (Å²) in [4.78, 5) is 0. The molecule has 42 valence electrons. The van der Waals surface area contributed by atoms with Crippen molar-refractivity contribution in [1.29, 1.82) is 0 Å². The Morgan fingerprint density at radius 1 is 1.14 bits per heavy atom. The molecule has 0 aromatic heterocycles. The van der Waals surface area contributed by atoms with Gasteiger partial charge >= 0.3 is 21.7 Å². The molecule has 0 radical (unpaired) electrons. The van der Waals surface area contributed by atoms with Crippen molar-refractivity contribution < 1.29 is 26.8 Å². The van der Waals surface area contributed by atoms with Crippen LogP contribution >= 0.6 is 0 Å². The SMILES string of the molecule is C[CH-]C.C[CH-]O.[Ti+2]. The zero-order chi connectivity index (χ0) is 5.41. The van der Waals surface area contributed by atoms with Crippen LogP contribution in [0.25, 0.3) is 0 Å². The molecule has 0 rings (SSSR count). The fraction of sp³-hybridized carbons (Fsp3) is 0.600. The topological polar surface area (TPSA) is 20.2 Å². The van der Waals surface area contributed by atoms with Crippen molar-refractivity contribution in [3.05, 3.63) is 13.0 Å². The Morgan fingerprint density at radius 3 is 1.14 bits per heavy atom. The smallest absolute Gasteiger partial charge is 0.566 e. The van der Waals surface area contributed by atoms with Gasteiger partial charge in [-0.2, -0.15) is 20.8 Å². The minimum atomic E-state index is 0. The van der Waals surface area contributed by atoms with Crippen LogP contribution in [0.2, 0.25) is 0 Å². The summed E-state index contributed by atoms with van der Waals surface area (Å²) in [6, 6.07) is 0. The first-order valence-corrected chi connectivity index (χ1v) is 1.99. The summed E-state index contributed by atoms with van der Waals surface area (Å²) in [5.74, 6) is 0. The molecule has 0 bridgehead atoms. The van der Waals surface area contributed by atoms with Crippen LogP contribution in [-0.2, 0) is 21.7 Å². The van der Waals surface area contributed by atoms with Crippen LogP contribution in [0.1, 0.15) is 20.8 Å². The van der Waals surface area contributed by atoms with Gasteiger partial charge in [-0.25, -0.2) is 6.61 Å². The van der Waals surface area contributed by atoms with E-state index in [1.165, 1.54) is 0 Å². The molecule has 0 heterocycles. The van der Waals surface area contributed by atoms with Crippen LogP contribution < -0.4 is 0 Å². The molecule has 0 aliphatic carbocycles. The van der Waals surface area contributed by atoms with Crippen molar-refractivity contribution in [3.63, 3.8) is 0 Å². The summed E-state index contributed by atoms with van der Waals surface area (Å²) in [5.41, 5.74) is 0. The fourth-order valence-corrected chi connectivity index (χ4v) is 0. The summed E-state index contributed by atoms with van der Waals surface area (Å²) in [5, 5.41) is 7.44. The van der Waals surface area contributed by atoms with Crippen molar-refractivity contribution in [2.45, 2.75) is 20.8 Å². The third-order valence-corrected chi connectivity index (χ3v) is 0. The minimum Gasteiger partial charge on any atom is -0.566 e. The van der Waals surface area contributed by atoms with Crippen LogP contribution in [-0.4, -0.2) is 5.11 Å². The van der Waals surface area contributed by atoms with E-state index in [1.807, 2.05) is 20.3 Å². The van der Waals surface area contributed by atoms with E-state index in [4.69, 9.17) is 5.11 Å². The van der Waals surface area contributed by atoms with E-state index in [2.05, 4.69) is 0 Å². The monoisotopic (exact) mass is 136 g/mol. The average molecular weight is 136 g/mol. The second kappa shape index (κ2) is 30.0. The third kappa shape index (κ3) is 321. The molecular weight excluding hydrogens is 124 g/mol. The molecule has 0 aromatic rings. The first kappa shape index (κ1) is 15.6. The number of rotatable bonds is 0. The van der Waals surface area contributed by atoms with Gasteiger partial charge < -0.3 is 11.5 Å². The Morgan fingerprint density at radius 2 is 1.14 bits per heavy atom. The van der Waals surface area contributed by atoms with Gasteiger partial charge in [-0.15, -0.1) is 0 Å². The molecule has 2 heteroatoms. The second-order valence-corrected chi connectivity index (χ2v) is 0.836. The molecule has 0 aliphatic heterocycles. The standard InChI is InChI=1S/C3H7.C2H5O.Ti/c1-3-2;1-2-3;/h3H,1-2H3;2-3H,1H3;/q2*-1;+2. The van der Waals surface area contributed by atoms with E-state index < -0.39 is 0 Å². The zero-order valence-electron chi connectivity index (χ0n) is 5.10. The molecule has 0 fully saturated rings. The van der Waals surface area contributed by atoms with Crippen LogP contribution in [0, 0.1) is 13.0 Å².